The number of piperidine rings is 2. The number of carbonyl (C=O) groups is 1. The lowest BCUT2D eigenvalue weighted by molar-refractivity contribution is 0.0295. The number of hydrogen-bond acceptors (Lipinski definition) is 4. The van der Waals surface area contributed by atoms with Crippen LogP contribution in [0.25, 0.3) is 0 Å². The number of pyridine rings is 1. The van der Waals surface area contributed by atoms with E-state index in [0.717, 1.165) is 37.5 Å². The minimum absolute atomic E-state index is 0.0586. The molecule has 1 saturated carbocycles. The van der Waals surface area contributed by atoms with Gasteiger partial charge in [-0.2, -0.15) is 0 Å². The van der Waals surface area contributed by atoms with Crippen LogP contribution >= 0.6 is 0 Å². The standard InChI is InChI=1S/C21H32N4O2/c1-2-12-27-20-8-5-16(13-22-20)14-23-21(26)24-11-9-19-17(15-24)4-3-10-25(19)18-6-7-18/h5,8,13,17-19H,2-4,6-7,9-12,14-15H2,1H3,(H,23,26). The smallest absolute Gasteiger partial charge is 0.317 e. The molecule has 2 amide bonds. The van der Waals surface area contributed by atoms with E-state index in [4.69, 9.17) is 4.74 Å². The summed E-state index contributed by atoms with van der Waals surface area (Å²) < 4.78 is 5.50. The van der Waals surface area contributed by atoms with Gasteiger partial charge in [0.25, 0.3) is 0 Å². The fourth-order valence-electron chi connectivity index (χ4n) is 4.58. The highest BCUT2D eigenvalue weighted by molar-refractivity contribution is 5.74. The number of fused-ring (bicyclic) bond motifs is 1. The van der Waals surface area contributed by atoms with Gasteiger partial charge in [-0.25, -0.2) is 9.78 Å². The lowest BCUT2D eigenvalue weighted by Gasteiger charge is -2.47. The Hall–Kier alpha value is -1.82. The van der Waals surface area contributed by atoms with Crippen molar-refractivity contribution < 1.29 is 9.53 Å². The lowest BCUT2D eigenvalue weighted by atomic mass is 9.84. The first-order chi connectivity index (χ1) is 13.2. The van der Waals surface area contributed by atoms with Gasteiger partial charge in [0, 0.05) is 44.0 Å². The molecular formula is C21H32N4O2. The van der Waals surface area contributed by atoms with E-state index in [0.29, 0.717) is 31.0 Å². The first kappa shape index (κ1) is 18.5. The maximum absolute atomic E-state index is 12.6. The van der Waals surface area contributed by atoms with Gasteiger partial charge in [-0.05, 0) is 56.6 Å². The number of rotatable bonds is 6. The van der Waals surface area contributed by atoms with Crippen LogP contribution in [0.15, 0.2) is 18.3 Å². The van der Waals surface area contributed by atoms with Crippen molar-refractivity contribution in [3.8, 4) is 5.88 Å². The molecule has 2 aliphatic heterocycles. The van der Waals surface area contributed by atoms with Crippen LogP contribution in [0.5, 0.6) is 5.88 Å². The summed E-state index contributed by atoms with van der Waals surface area (Å²) in [4.78, 5) is 21.7. The van der Waals surface area contributed by atoms with Crippen molar-refractivity contribution in [2.45, 2.75) is 64.1 Å². The third kappa shape index (κ3) is 4.54. The molecule has 2 atom stereocenters. The van der Waals surface area contributed by atoms with Gasteiger partial charge in [0.2, 0.25) is 5.88 Å². The molecule has 6 nitrogen and oxygen atoms in total. The molecule has 1 aromatic heterocycles. The maximum Gasteiger partial charge on any atom is 0.317 e. The zero-order valence-corrected chi connectivity index (χ0v) is 16.4. The van der Waals surface area contributed by atoms with E-state index >= 15 is 0 Å². The van der Waals surface area contributed by atoms with Crippen molar-refractivity contribution >= 4 is 6.03 Å². The van der Waals surface area contributed by atoms with E-state index in [1.165, 1.54) is 32.2 Å². The molecule has 3 fully saturated rings. The highest BCUT2D eigenvalue weighted by atomic mass is 16.5. The van der Waals surface area contributed by atoms with Crippen LogP contribution in [0.2, 0.25) is 0 Å². The van der Waals surface area contributed by atoms with Crippen molar-refractivity contribution in [1.29, 1.82) is 0 Å². The second-order valence-electron chi connectivity index (χ2n) is 8.19. The van der Waals surface area contributed by atoms with E-state index < -0.39 is 0 Å². The van der Waals surface area contributed by atoms with E-state index in [1.54, 1.807) is 6.20 Å². The fraction of sp³-hybridized carbons (Fsp3) is 0.714. The van der Waals surface area contributed by atoms with Crippen molar-refractivity contribution in [2.75, 3.05) is 26.2 Å². The van der Waals surface area contributed by atoms with Gasteiger partial charge in [0.05, 0.1) is 6.61 Å². The second kappa shape index (κ2) is 8.46. The van der Waals surface area contributed by atoms with Crippen LogP contribution in [0.1, 0.15) is 51.0 Å². The van der Waals surface area contributed by atoms with E-state index in [1.807, 2.05) is 17.0 Å². The van der Waals surface area contributed by atoms with Gasteiger partial charge in [0.1, 0.15) is 0 Å². The van der Waals surface area contributed by atoms with Crippen LogP contribution in [0, 0.1) is 5.92 Å². The van der Waals surface area contributed by atoms with Crippen LogP contribution in [0.4, 0.5) is 4.79 Å². The minimum Gasteiger partial charge on any atom is -0.478 e. The zero-order chi connectivity index (χ0) is 18.6. The molecule has 2 unspecified atom stereocenters. The molecule has 0 aromatic carbocycles. The fourth-order valence-corrected chi connectivity index (χ4v) is 4.58. The lowest BCUT2D eigenvalue weighted by Crippen LogP contribution is -2.57. The molecule has 3 aliphatic rings. The molecule has 6 heteroatoms. The van der Waals surface area contributed by atoms with Crippen LogP contribution < -0.4 is 10.1 Å². The number of likely N-dealkylation sites (tertiary alicyclic amines) is 2. The second-order valence-corrected chi connectivity index (χ2v) is 8.19. The Bertz CT molecular complexity index is 632. The number of amides is 2. The third-order valence-corrected chi connectivity index (χ3v) is 6.11. The predicted molar refractivity (Wildman–Crippen MR) is 105 cm³/mol. The minimum atomic E-state index is 0.0586. The Balaban J connectivity index is 1.25. The molecule has 148 valence electrons. The van der Waals surface area contributed by atoms with E-state index in [9.17, 15) is 4.79 Å². The number of urea groups is 1. The van der Waals surface area contributed by atoms with Crippen molar-refractivity contribution in [2.24, 2.45) is 5.92 Å². The SMILES string of the molecule is CCCOc1ccc(CNC(=O)N2CCC3C(CCCN3C3CC3)C2)cn1. The van der Waals surface area contributed by atoms with Crippen molar-refractivity contribution in [1.82, 2.24) is 20.1 Å². The molecule has 2 saturated heterocycles. The molecule has 0 spiro atoms. The molecule has 3 heterocycles. The van der Waals surface area contributed by atoms with Crippen LogP contribution in [-0.2, 0) is 6.54 Å². The highest BCUT2D eigenvalue weighted by Gasteiger charge is 2.42. The van der Waals surface area contributed by atoms with Gasteiger partial charge in [-0.1, -0.05) is 13.0 Å². The molecule has 1 aliphatic carbocycles. The predicted octanol–water partition coefficient (Wildman–Crippen LogP) is 3.03. The summed E-state index contributed by atoms with van der Waals surface area (Å²) in [5, 5.41) is 3.07. The Morgan fingerprint density at radius 3 is 2.89 bits per heavy atom. The summed E-state index contributed by atoms with van der Waals surface area (Å²) in [6, 6.07) is 5.45. The summed E-state index contributed by atoms with van der Waals surface area (Å²) in [7, 11) is 0. The summed E-state index contributed by atoms with van der Waals surface area (Å²) in [5.41, 5.74) is 1.000. The topological polar surface area (TPSA) is 57.7 Å². The number of nitrogens with zero attached hydrogens (tertiary/aromatic N) is 3. The molecule has 0 radical (unpaired) electrons. The Morgan fingerprint density at radius 2 is 2.15 bits per heavy atom. The summed E-state index contributed by atoms with van der Waals surface area (Å²) in [6.45, 7) is 6.31. The summed E-state index contributed by atoms with van der Waals surface area (Å²) in [6.07, 6.45) is 9.18. The average molecular weight is 373 g/mol. The molecule has 1 aromatic rings. The normalized spacial score (nSPS) is 25.7. The van der Waals surface area contributed by atoms with E-state index in [-0.39, 0.29) is 6.03 Å². The molecule has 27 heavy (non-hydrogen) atoms. The molecule has 0 bridgehead atoms. The third-order valence-electron chi connectivity index (χ3n) is 6.11. The number of nitrogens with one attached hydrogen (secondary N) is 1. The first-order valence-corrected chi connectivity index (χ1v) is 10.6. The van der Waals surface area contributed by atoms with Gasteiger partial charge >= 0.3 is 6.03 Å². The summed E-state index contributed by atoms with van der Waals surface area (Å²) >= 11 is 0. The first-order valence-electron chi connectivity index (χ1n) is 10.6. The van der Waals surface area contributed by atoms with Gasteiger partial charge < -0.3 is 15.0 Å². The maximum atomic E-state index is 12.6. The monoisotopic (exact) mass is 372 g/mol. The zero-order valence-electron chi connectivity index (χ0n) is 16.4. The Kier molecular flexibility index (Phi) is 5.81. The van der Waals surface area contributed by atoms with Crippen molar-refractivity contribution in [3.05, 3.63) is 23.9 Å². The number of hydrogen-bond donors (Lipinski definition) is 1. The molecule has 1 N–H and O–H groups in total. The Morgan fingerprint density at radius 1 is 1.26 bits per heavy atom. The number of ether oxygens (including phenoxy) is 1. The number of aromatic nitrogens is 1. The summed E-state index contributed by atoms with van der Waals surface area (Å²) in [5.74, 6) is 1.29. The average Bonchev–Trinajstić information content (AvgIpc) is 3.55. The molecule has 4 rings (SSSR count). The van der Waals surface area contributed by atoms with E-state index in [2.05, 4.69) is 22.1 Å². The molecular weight excluding hydrogens is 340 g/mol. The van der Waals surface area contributed by atoms with Gasteiger partial charge in [0.15, 0.2) is 0 Å². The number of carbonyl (C=O) groups excluding carboxylic acids is 1. The quantitative estimate of drug-likeness (QED) is 0.834. The van der Waals surface area contributed by atoms with Crippen LogP contribution in [-0.4, -0.2) is 59.1 Å². The Labute approximate surface area is 162 Å². The highest BCUT2D eigenvalue weighted by Crippen LogP contribution is 2.38. The van der Waals surface area contributed by atoms with Gasteiger partial charge in [-0.3, -0.25) is 4.90 Å². The van der Waals surface area contributed by atoms with Crippen molar-refractivity contribution in [3.63, 3.8) is 0 Å². The van der Waals surface area contributed by atoms with Gasteiger partial charge in [-0.15, -0.1) is 0 Å². The van der Waals surface area contributed by atoms with Crippen LogP contribution in [0.3, 0.4) is 0 Å². The largest absolute Gasteiger partial charge is 0.478 e.